The maximum Gasteiger partial charge on any atom is 0.241 e. The molecule has 1 unspecified atom stereocenters. The van der Waals surface area contributed by atoms with Gasteiger partial charge < -0.3 is 15.5 Å². The third kappa shape index (κ3) is 4.65. The number of hydrogen-bond donors (Lipinski definition) is 2. The third-order valence-corrected chi connectivity index (χ3v) is 3.52. The molecule has 1 aromatic rings. The van der Waals surface area contributed by atoms with E-state index in [0.29, 0.717) is 0 Å². The Morgan fingerprint density at radius 3 is 2.68 bits per heavy atom. The molecule has 4 heteroatoms. The molecule has 0 heterocycles. The summed E-state index contributed by atoms with van der Waals surface area (Å²) < 4.78 is 0. The lowest BCUT2D eigenvalue weighted by Crippen LogP contribution is -2.41. The summed E-state index contributed by atoms with van der Waals surface area (Å²) in [7, 11) is 2.15. The van der Waals surface area contributed by atoms with E-state index in [4.69, 9.17) is 0 Å². The molecule has 0 saturated heterocycles. The number of likely N-dealkylation sites (N-methyl/N-ethyl adjacent to an activating group) is 1. The molecule has 1 aromatic carbocycles. The van der Waals surface area contributed by atoms with Crippen molar-refractivity contribution < 1.29 is 4.79 Å². The Kier molecular flexibility index (Phi) is 4.93. The average Bonchev–Trinajstić information content (AvgIpc) is 3.24. The van der Waals surface area contributed by atoms with Gasteiger partial charge in [0.2, 0.25) is 5.91 Å². The zero-order chi connectivity index (χ0) is 13.7. The van der Waals surface area contributed by atoms with Crippen molar-refractivity contribution in [2.75, 3.05) is 25.5 Å². The summed E-state index contributed by atoms with van der Waals surface area (Å²) in [6, 6.07) is 10.2. The minimum atomic E-state index is -0.173. The van der Waals surface area contributed by atoms with E-state index in [9.17, 15) is 4.79 Å². The lowest BCUT2D eigenvalue weighted by Gasteiger charge is -2.18. The van der Waals surface area contributed by atoms with Gasteiger partial charge in [0.1, 0.15) is 0 Å². The fourth-order valence-corrected chi connectivity index (χ4v) is 2.02. The van der Waals surface area contributed by atoms with Crippen LogP contribution in [0, 0.1) is 0 Å². The SMILES string of the molecule is CC(NCCN(C)C1CC1)C(=O)Nc1ccccc1. The van der Waals surface area contributed by atoms with Gasteiger partial charge in [0, 0.05) is 24.8 Å². The van der Waals surface area contributed by atoms with Gasteiger partial charge in [0.25, 0.3) is 0 Å². The van der Waals surface area contributed by atoms with E-state index in [-0.39, 0.29) is 11.9 Å². The molecular formula is C15H23N3O. The number of amides is 1. The van der Waals surface area contributed by atoms with Crippen molar-refractivity contribution in [1.82, 2.24) is 10.2 Å². The van der Waals surface area contributed by atoms with Crippen molar-refractivity contribution >= 4 is 11.6 Å². The molecule has 1 atom stereocenters. The number of carbonyl (C=O) groups excluding carboxylic acids is 1. The van der Waals surface area contributed by atoms with Crippen LogP contribution in [-0.2, 0) is 4.79 Å². The molecule has 0 aromatic heterocycles. The predicted octanol–water partition coefficient (Wildman–Crippen LogP) is 1.70. The first-order valence-corrected chi connectivity index (χ1v) is 6.96. The Morgan fingerprint density at radius 2 is 2.05 bits per heavy atom. The fourth-order valence-electron chi connectivity index (χ4n) is 2.02. The van der Waals surface area contributed by atoms with Crippen LogP contribution in [0.2, 0.25) is 0 Å². The van der Waals surface area contributed by atoms with Gasteiger partial charge in [-0.15, -0.1) is 0 Å². The highest BCUT2D eigenvalue weighted by Gasteiger charge is 2.25. The minimum absolute atomic E-state index is 0.0141. The molecule has 0 aliphatic heterocycles. The topological polar surface area (TPSA) is 44.4 Å². The van der Waals surface area contributed by atoms with Gasteiger partial charge in [0.05, 0.1) is 6.04 Å². The summed E-state index contributed by atoms with van der Waals surface area (Å²) in [5.41, 5.74) is 0.844. The van der Waals surface area contributed by atoms with Crippen LogP contribution in [0.25, 0.3) is 0 Å². The van der Waals surface area contributed by atoms with Crippen molar-refractivity contribution in [2.24, 2.45) is 0 Å². The first kappa shape index (κ1) is 14.0. The molecule has 2 N–H and O–H groups in total. The number of anilines is 1. The zero-order valence-electron chi connectivity index (χ0n) is 11.7. The summed E-state index contributed by atoms with van der Waals surface area (Å²) in [6.45, 7) is 3.74. The summed E-state index contributed by atoms with van der Waals surface area (Å²) in [4.78, 5) is 14.3. The third-order valence-electron chi connectivity index (χ3n) is 3.52. The van der Waals surface area contributed by atoms with Crippen molar-refractivity contribution in [3.8, 4) is 0 Å². The van der Waals surface area contributed by atoms with Gasteiger partial charge in [-0.1, -0.05) is 18.2 Å². The first-order chi connectivity index (χ1) is 9.16. The van der Waals surface area contributed by atoms with Gasteiger partial charge in [-0.2, -0.15) is 0 Å². The van der Waals surface area contributed by atoms with Crippen LogP contribution in [-0.4, -0.2) is 43.0 Å². The van der Waals surface area contributed by atoms with Crippen molar-refractivity contribution in [3.05, 3.63) is 30.3 Å². The first-order valence-electron chi connectivity index (χ1n) is 6.96. The van der Waals surface area contributed by atoms with Gasteiger partial charge in [-0.3, -0.25) is 4.79 Å². The number of nitrogens with zero attached hydrogens (tertiary/aromatic N) is 1. The summed E-state index contributed by atoms with van der Waals surface area (Å²) >= 11 is 0. The van der Waals surface area contributed by atoms with Crippen LogP contribution in [0.15, 0.2) is 30.3 Å². The number of carbonyl (C=O) groups is 1. The number of rotatable bonds is 7. The van der Waals surface area contributed by atoms with Crippen molar-refractivity contribution in [1.29, 1.82) is 0 Å². The quantitative estimate of drug-likeness (QED) is 0.785. The smallest absolute Gasteiger partial charge is 0.241 e. The van der Waals surface area contributed by atoms with E-state index in [1.807, 2.05) is 37.3 Å². The predicted molar refractivity (Wildman–Crippen MR) is 78.2 cm³/mol. The molecule has 1 saturated carbocycles. The Morgan fingerprint density at radius 1 is 1.37 bits per heavy atom. The van der Waals surface area contributed by atoms with E-state index < -0.39 is 0 Å². The second-order valence-corrected chi connectivity index (χ2v) is 5.24. The van der Waals surface area contributed by atoms with E-state index in [2.05, 4.69) is 22.6 Å². The zero-order valence-corrected chi connectivity index (χ0v) is 11.7. The molecule has 0 bridgehead atoms. The minimum Gasteiger partial charge on any atom is -0.325 e. The van der Waals surface area contributed by atoms with Crippen LogP contribution in [0.3, 0.4) is 0 Å². The van der Waals surface area contributed by atoms with E-state index in [1.54, 1.807) is 0 Å². The second-order valence-electron chi connectivity index (χ2n) is 5.24. The molecule has 104 valence electrons. The van der Waals surface area contributed by atoms with Crippen molar-refractivity contribution in [2.45, 2.75) is 31.8 Å². The number of benzene rings is 1. The number of hydrogen-bond acceptors (Lipinski definition) is 3. The van der Waals surface area contributed by atoms with Crippen LogP contribution < -0.4 is 10.6 Å². The second kappa shape index (κ2) is 6.68. The Bertz CT molecular complexity index is 403. The molecular weight excluding hydrogens is 238 g/mol. The molecule has 1 aliphatic rings. The Labute approximate surface area is 115 Å². The maximum absolute atomic E-state index is 11.9. The van der Waals surface area contributed by atoms with Crippen molar-refractivity contribution in [3.63, 3.8) is 0 Å². The van der Waals surface area contributed by atoms with Gasteiger partial charge in [-0.25, -0.2) is 0 Å². The summed E-state index contributed by atoms with van der Waals surface area (Å²) in [5.74, 6) is 0.0141. The Hall–Kier alpha value is -1.39. The normalized spacial score (nSPS) is 16.4. The lowest BCUT2D eigenvalue weighted by atomic mass is 10.2. The van der Waals surface area contributed by atoms with Gasteiger partial charge >= 0.3 is 0 Å². The highest BCUT2D eigenvalue weighted by molar-refractivity contribution is 5.94. The molecule has 0 radical (unpaired) electrons. The van der Waals surface area contributed by atoms with Crippen LogP contribution in [0.5, 0.6) is 0 Å². The molecule has 19 heavy (non-hydrogen) atoms. The molecule has 2 rings (SSSR count). The highest BCUT2D eigenvalue weighted by atomic mass is 16.2. The van der Waals surface area contributed by atoms with Gasteiger partial charge in [-0.05, 0) is 38.9 Å². The summed E-state index contributed by atoms with van der Waals surface area (Å²) in [6.07, 6.45) is 2.64. The maximum atomic E-state index is 11.9. The standard InChI is InChI=1S/C15H23N3O/c1-12(16-10-11-18(2)14-8-9-14)15(19)17-13-6-4-3-5-7-13/h3-7,12,14,16H,8-11H2,1-2H3,(H,17,19). The fraction of sp³-hybridized carbons (Fsp3) is 0.533. The lowest BCUT2D eigenvalue weighted by molar-refractivity contribution is -0.117. The van der Waals surface area contributed by atoms with Crippen LogP contribution in [0.1, 0.15) is 19.8 Å². The molecule has 1 amide bonds. The summed E-state index contributed by atoms with van der Waals surface area (Å²) in [5, 5.41) is 6.16. The number of para-hydroxylation sites is 1. The Balaban J connectivity index is 1.67. The molecule has 4 nitrogen and oxygen atoms in total. The van der Waals surface area contributed by atoms with E-state index in [1.165, 1.54) is 12.8 Å². The van der Waals surface area contributed by atoms with E-state index >= 15 is 0 Å². The molecule has 1 aliphatic carbocycles. The number of nitrogens with one attached hydrogen (secondary N) is 2. The molecule has 1 fully saturated rings. The van der Waals surface area contributed by atoms with Gasteiger partial charge in [0.15, 0.2) is 0 Å². The molecule has 0 spiro atoms. The largest absolute Gasteiger partial charge is 0.325 e. The average molecular weight is 261 g/mol. The van der Waals surface area contributed by atoms with Crippen LogP contribution >= 0.6 is 0 Å². The van der Waals surface area contributed by atoms with E-state index in [0.717, 1.165) is 24.8 Å². The monoisotopic (exact) mass is 261 g/mol. The highest BCUT2D eigenvalue weighted by Crippen LogP contribution is 2.24. The van der Waals surface area contributed by atoms with Crippen LogP contribution in [0.4, 0.5) is 5.69 Å².